The van der Waals surface area contributed by atoms with Crippen molar-refractivity contribution in [1.29, 1.82) is 0 Å². The molecule has 3 heteroatoms. The molecule has 2 unspecified atom stereocenters. The maximum absolute atomic E-state index is 4.31. The largest absolute Gasteiger partial charge is 0.308 e. The molecule has 2 rings (SSSR count). The van der Waals surface area contributed by atoms with Crippen LogP contribution >= 0.6 is 0 Å². The SMILES string of the molecule is CCC1CCCC(NCc2ccnn2CC)C1. The van der Waals surface area contributed by atoms with Gasteiger partial charge >= 0.3 is 0 Å². The zero-order valence-corrected chi connectivity index (χ0v) is 11.2. The van der Waals surface area contributed by atoms with Crippen molar-refractivity contribution >= 4 is 0 Å². The van der Waals surface area contributed by atoms with Crippen molar-refractivity contribution in [1.82, 2.24) is 15.1 Å². The van der Waals surface area contributed by atoms with Crippen LogP contribution in [0.25, 0.3) is 0 Å². The molecule has 0 amide bonds. The van der Waals surface area contributed by atoms with E-state index in [9.17, 15) is 0 Å². The molecule has 3 nitrogen and oxygen atoms in total. The molecule has 2 atom stereocenters. The van der Waals surface area contributed by atoms with Crippen LogP contribution in [0.3, 0.4) is 0 Å². The van der Waals surface area contributed by atoms with Crippen molar-refractivity contribution in [3.8, 4) is 0 Å². The van der Waals surface area contributed by atoms with Gasteiger partial charge in [-0.3, -0.25) is 4.68 Å². The van der Waals surface area contributed by atoms with Crippen molar-refractivity contribution in [2.75, 3.05) is 0 Å². The van der Waals surface area contributed by atoms with Gasteiger partial charge < -0.3 is 5.32 Å². The molecule has 0 spiro atoms. The molecule has 0 bridgehead atoms. The zero-order chi connectivity index (χ0) is 12.1. The normalized spacial score (nSPS) is 25.1. The van der Waals surface area contributed by atoms with Gasteiger partial charge in [0.25, 0.3) is 0 Å². The van der Waals surface area contributed by atoms with E-state index in [1.54, 1.807) is 0 Å². The summed E-state index contributed by atoms with van der Waals surface area (Å²) in [7, 11) is 0. The van der Waals surface area contributed by atoms with Gasteiger partial charge in [-0.1, -0.05) is 26.2 Å². The summed E-state index contributed by atoms with van der Waals surface area (Å²) in [6.45, 7) is 6.39. The van der Waals surface area contributed by atoms with Gasteiger partial charge in [0.2, 0.25) is 0 Å². The summed E-state index contributed by atoms with van der Waals surface area (Å²) in [6, 6.07) is 2.84. The van der Waals surface area contributed by atoms with Gasteiger partial charge in [-0.05, 0) is 31.7 Å². The lowest BCUT2D eigenvalue weighted by atomic mass is 9.84. The fourth-order valence-corrected chi connectivity index (χ4v) is 2.89. The molecule has 1 aliphatic carbocycles. The van der Waals surface area contributed by atoms with E-state index >= 15 is 0 Å². The Bertz CT molecular complexity index is 332. The molecule has 1 N–H and O–H groups in total. The lowest BCUT2D eigenvalue weighted by Crippen LogP contribution is -2.34. The minimum Gasteiger partial charge on any atom is -0.308 e. The highest BCUT2D eigenvalue weighted by Crippen LogP contribution is 2.26. The highest BCUT2D eigenvalue weighted by Gasteiger charge is 2.20. The molecule has 0 aliphatic heterocycles. The van der Waals surface area contributed by atoms with Gasteiger partial charge in [-0.25, -0.2) is 0 Å². The van der Waals surface area contributed by atoms with E-state index in [1.165, 1.54) is 37.8 Å². The van der Waals surface area contributed by atoms with Gasteiger partial charge in [0.05, 0.1) is 5.69 Å². The summed E-state index contributed by atoms with van der Waals surface area (Å²) in [5, 5.41) is 8.01. The maximum atomic E-state index is 4.31. The molecule has 1 heterocycles. The number of nitrogens with zero attached hydrogens (tertiary/aromatic N) is 2. The molecule has 0 radical (unpaired) electrons. The van der Waals surface area contributed by atoms with Gasteiger partial charge in [-0.2, -0.15) is 5.10 Å². The molecular formula is C14H25N3. The first-order valence-corrected chi connectivity index (χ1v) is 7.07. The van der Waals surface area contributed by atoms with E-state index in [0.717, 1.165) is 19.0 Å². The second kappa shape index (κ2) is 6.20. The maximum Gasteiger partial charge on any atom is 0.0522 e. The monoisotopic (exact) mass is 235 g/mol. The Morgan fingerprint density at radius 1 is 1.41 bits per heavy atom. The van der Waals surface area contributed by atoms with Crippen LogP contribution < -0.4 is 5.32 Å². The van der Waals surface area contributed by atoms with Crippen LogP contribution in [-0.4, -0.2) is 15.8 Å². The molecule has 1 aliphatic rings. The predicted molar refractivity (Wildman–Crippen MR) is 70.8 cm³/mol. The van der Waals surface area contributed by atoms with E-state index in [1.807, 2.05) is 6.20 Å². The number of hydrogen-bond acceptors (Lipinski definition) is 2. The number of hydrogen-bond donors (Lipinski definition) is 1. The fraction of sp³-hybridized carbons (Fsp3) is 0.786. The summed E-state index contributed by atoms with van der Waals surface area (Å²) in [4.78, 5) is 0. The molecular weight excluding hydrogens is 210 g/mol. The average molecular weight is 235 g/mol. The first kappa shape index (κ1) is 12.6. The standard InChI is InChI=1S/C14H25N3/c1-3-12-6-5-7-13(10-12)15-11-14-8-9-16-17(14)4-2/h8-9,12-13,15H,3-7,10-11H2,1-2H3. The number of nitrogens with one attached hydrogen (secondary N) is 1. The van der Waals surface area contributed by atoms with E-state index in [-0.39, 0.29) is 0 Å². The minimum absolute atomic E-state index is 0.717. The molecule has 0 aromatic carbocycles. The topological polar surface area (TPSA) is 29.9 Å². The van der Waals surface area contributed by atoms with E-state index in [4.69, 9.17) is 0 Å². The van der Waals surface area contributed by atoms with Crippen LogP contribution in [0.5, 0.6) is 0 Å². The Balaban J connectivity index is 1.81. The lowest BCUT2D eigenvalue weighted by molar-refractivity contribution is 0.276. The van der Waals surface area contributed by atoms with Crippen LogP contribution in [0.1, 0.15) is 51.6 Å². The van der Waals surface area contributed by atoms with Crippen LogP contribution in [0.4, 0.5) is 0 Å². The summed E-state index contributed by atoms with van der Waals surface area (Å²) in [5.41, 5.74) is 1.31. The Morgan fingerprint density at radius 3 is 3.06 bits per heavy atom. The lowest BCUT2D eigenvalue weighted by Gasteiger charge is -2.29. The van der Waals surface area contributed by atoms with Crippen molar-refractivity contribution in [2.24, 2.45) is 5.92 Å². The third kappa shape index (κ3) is 3.32. The Hall–Kier alpha value is -0.830. The van der Waals surface area contributed by atoms with Crippen LogP contribution in [-0.2, 0) is 13.1 Å². The van der Waals surface area contributed by atoms with Crippen molar-refractivity contribution < 1.29 is 0 Å². The molecule has 1 aromatic rings. The van der Waals surface area contributed by atoms with Crippen LogP contribution in [0, 0.1) is 5.92 Å². The predicted octanol–water partition coefficient (Wildman–Crippen LogP) is 2.96. The Labute approximate surface area is 105 Å². The third-order valence-electron chi connectivity index (χ3n) is 4.04. The molecule has 1 aromatic heterocycles. The molecule has 96 valence electrons. The van der Waals surface area contributed by atoms with Crippen molar-refractivity contribution in [2.45, 2.75) is 65.1 Å². The van der Waals surface area contributed by atoms with E-state index in [0.29, 0.717) is 6.04 Å². The molecule has 17 heavy (non-hydrogen) atoms. The number of aromatic nitrogens is 2. The molecule has 1 fully saturated rings. The second-order valence-corrected chi connectivity index (χ2v) is 5.16. The quantitative estimate of drug-likeness (QED) is 0.850. The van der Waals surface area contributed by atoms with Crippen molar-refractivity contribution in [3.05, 3.63) is 18.0 Å². The first-order chi connectivity index (χ1) is 8.33. The Kier molecular flexibility index (Phi) is 4.60. The van der Waals surface area contributed by atoms with Crippen LogP contribution in [0.15, 0.2) is 12.3 Å². The minimum atomic E-state index is 0.717. The third-order valence-corrected chi connectivity index (χ3v) is 4.04. The molecule has 1 saturated carbocycles. The van der Waals surface area contributed by atoms with Crippen LogP contribution in [0.2, 0.25) is 0 Å². The number of rotatable bonds is 5. The average Bonchev–Trinajstić information content (AvgIpc) is 2.84. The Morgan fingerprint density at radius 2 is 2.29 bits per heavy atom. The fourth-order valence-electron chi connectivity index (χ4n) is 2.89. The van der Waals surface area contributed by atoms with Gasteiger partial charge in [0.15, 0.2) is 0 Å². The highest BCUT2D eigenvalue weighted by molar-refractivity contribution is 5.00. The smallest absolute Gasteiger partial charge is 0.0522 e. The van der Waals surface area contributed by atoms with Gasteiger partial charge in [-0.15, -0.1) is 0 Å². The summed E-state index contributed by atoms with van der Waals surface area (Å²) in [6.07, 6.45) is 8.76. The first-order valence-electron chi connectivity index (χ1n) is 7.07. The zero-order valence-electron chi connectivity index (χ0n) is 11.2. The number of aryl methyl sites for hydroxylation is 1. The summed E-state index contributed by atoms with van der Waals surface area (Å²) in [5.74, 6) is 0.942. The summed E-state index contributed by atoms with van der Waals surface area (Å²) >= 11 is 0. The second-order valence-electron chi connectivity index (χ2n) is 5.16. The highest BCUT2D eigenvalue weighted by atomic mass is 15.3. The summed E-state index contributed by atoms with van der Waals surface area (Å²) < 4.78 is 2.08. The van der Waals surface area contributed by atoms with Gasteiger partial charge in [0.1, 0.15) is 0 Å². The van der Waals surface area contributed by atoms with E-state index < -0.39 is 0 Å². The molecule has 0 saturated heterocycles. The van der Waals surface area contributed by atoms with E-state index in [2.05, 4.69) is 35.0 Å². The van der Waals surface area contributed by atoms with Gasteiger partial charge in [0, 0.05) is 25.3 Å². The van der Waals surface area contributed by atoms with Crippen molar-refractivity contribution in [3.63, 3.8) is 0 Å².